The van der Waals surface area contributed by atoms with Crippen LogP contribution in [0, 0.1) is 0 Å². The Labute approximate surface area is 112 Å². The summed E-state index contributed by atoms with van der Waals surface area (Å²) in [6, 6.07) is 7.28. The molecule has 4 nitrogen and oxygen atoms in total. The summed E-state index contributed by atoms with van der Waals surface area (Å²) in [6.45, 7) is 3.89. The summed E-state index contributed by atoms with van der Waals surface area (Å²) in [6.07, 6.45) is 0. The molecule has 1 aromatic carbocycles. The molecule has 1 heterocycles. The second-order valence-electron chi connectivity index (χ2n) is 4.76. The lowest BCUT2D eigenvalue weighted by molar-refractivity contribution is 0.0613. The smallest absolute Gasteiger partial charge is 0.193 e. The first kappa shape index (κ1) is 13.2. The molecular weight excluding hydrogens is 250 g/mol. The lowest BCUT2D eigenvalue weighted by Gasteiger charge is -2.26. The summed E-state index contributed by atoms with van der Waals surface area (Å²) in [5, 5.41) is 14.3. The Morgan fingerprint density at radius 3 is 2.94 bits per heavy atom. The summed E-state index contributed by atoms with van der Waals surface area (Å²) in [4.78, 5) is 6.36. The topological polar surface area (TPSA) is 47.9 Å². The van der Waals surface area contributed by atoms with Crippen molar-refractivity contribution in [1.82, 2.24) is 10.2 Å². The fourth-order valence-corrected chi connectivity index (χ4v) is 2.09. The van der Waals surface area contributed by atoms with Gasteiger partial charge in [-0.05, 0) is 24.6 Å². The third-order valence-electron chi connectivity index (χ3n) is 3.10. The molecule has 0 amide bonds. The van der Waals surface area contributed by atoms with E-state index in [2.05, 4.69) is 10.3 Å². The molecule has 0 radical (unpaired) electrons. The van der Waals surface area contributed by atoms with E-state index in [9.17, 15) is 5.11 Å². The van der Waals surface area contributed by atoms with Crippen LogP contribution in [-0.4, -0.2) is 42.6 Å². The van der Waals surface area contributed by atoms with E-state index in [4.69, 9.17) is 11.6 Å². The number of aliphatic hydroxyl groups is 1. The molecule has 18 heavy (non-hydrogen) atoms. The molecule has 98 valence electrons. The number of rotatable bonds is 3. The molecule has 0 fully saturated rings. The van der Waals surface area contributed by atoms with E-state index in [0.29, 0.717) is 11.6 Å². The van der Waals surface area contributed by atoms with Gasteiger partial charge in [-0.1, -0.05) is 23.7 Å². The molecule has 1 aliphatic heterocycles. The van der Waals surface area contributed by atoms with Gasteiger partial charge >= 0.3 is 0 Å². The van der Waals surface area contributed by atoms with E-state index < -0.39 is 5.60 Å². The Bertz CT molecular complexity index is 459. The molecule has 1 aliphatic rings. The standard InChI is InChI=1S/C13H18ClN3O/c1-13(18,10-4-3-5-11(14)8-10)9-16-12-15-6-7-17(12)2/h3-5,8,18H,6-7,9H2,1-2H3,(H,15,16). The first-order chi connectivity index (χ1) is 8.49. The second-order valence-corrected chi connectivity index (χ2v) is 5.20. The Balaban J connectivity index is 2.03. The van der Waals surface area contributed by atoms with Gasteiger partial charge < -0.3 is 15.3 Å². The number of hydrogen-bond donors (Lipinski definition) is 2. The fraction of sp³-hybridized carbons (Fsp3) is 0.462. The Hall–Kier alpha value is -1.26. The van der Waals surface area contributed by atoms with Crippen molar-refractivity contribution in [3.63, 3.8) is 0 Å². The van der Waals surface area contributed by atoms with Crippen molar-refractivity contribution in [2.45, 2.75) is 12.5 Å². The molecule has 0 aliphatic carbocycles. The van der Waals surface area contributed by atoms with Gasteiger partial charge in [0.05, 0.1) is 13.1 Å². The first-order valence-electron chi connectivity index (χ1n) is 5.97. The zero-order chi connectivity index (χ0) is 13.2. The van der Waals surface area contributed by atoms with Gasteiger partial charge in [0, 0.05) is 18.6 Å². The third kappa shape index (κ3) is 2.94. The largest absolute Gasteiger partial charge is 0.384 e. The maximum Gasteiger partial charge on any atom is 0.193 e. The fourth-order valence-electron chi connectivity index (χ4n) is 1.90. The molecule has 1 aromatic rings. The normalized spacial score (nSPS) is 18.4. The minimum Gasteiger partial charge on any atom is -0.384 e. The van der Waals surface area contributed by atoms with E-state index in [1.807, 2.05) is 24.1 Å². The predicted molar refractivity (Wildman–Crippen MR) is 74.0 cm³/mol. The van der Waals surface area contributed by atoms with E-state index in [-0.39, 0.29) is 0 Å². The van der Waals surface area contributed by atoms with Crippen LogP contribution >= 0.6 is 11.6 Å². The summed E-state index contributed by atoms with van der Waals surface area (Å²) >= 11 is 5.94. The quantitative estimate of drug-likeness (QED) is 0.871. The van der Waals surface area contributed by atoms with Gasteiger partial charge in [0.25, 0.3) is 0 Å². The maximum atomic E-state index is 10.5. The molecule has 1 atom stereocenters. The molecule has 0 saturated carbocycles. The summed E-state index contributed by atoms with van der Waals surface area (Å²) in [5.41, 5.74) is -0.180. The Kier molecular flexibility index (Phi) is 3.78. The van der Waals surface area contributed by atoms with Crippen LogP contribution in [0.3, 0.4) is 0 Å². The zero-order valence-electron chi connectivity index (χ0n) is 10.7. The minimum absolute atomic E-state index is 0.399. The Morgan fingerprint density at radius 2 is 2.33 bits per heavy atom. The monoisotopic (exact) mass is 267 g/mol. The van der Waals surface area contributed by atoms with Crippen molar-refractivity contribution < 1.29 is 5.11 Å². The van der Waals surface area contributed by atoms with Crippen molar-refractivity contribution in [3.8, 4) is 0 Å². The van der Waals surface area contributed by atoms with Gasteiger partial charge in [0.15, 0.2) is 5.96 Å². The molecule has 5 heteroatoms. The highest BCUT2D eigenvalue weighted by Gasteiger charge is 2.24. The zero-order valence-corrected chi connectivity index (χ0v) is 11.4. The van der Waals surface area contributed by atoms with Gasteiger partial charge in [0.1, 0.15) is 5.60 Å². The molecule has 1 unspecified atom stereocenters. The summed E-state index contributed by atoms with van der Waals surface area (Å²) < 4.78 is 0. The van der Waals surface area contributed by atoms with Crippen LogP contribution in [-0.2, 0) is 5.60 Å². The van der Waals surface area contributed by atoms with E-state index in [1.165, 1.54) is 0 Å². The highest BCUT2D eigenvalue weighted by molar-refractivity contribution is 6.30. The summed E-state index contributed by atoms with van der Waals surface area (Å²) in [7, 11) is 1.98. The van der Waals surface area contributed by atoms with Gasteiger partial charge in [-0.3, -0.25) is 4.99 Å². The van der Waals surface area contributed by atoms with Gasteiger partial charge in [-0.2, -0.15) is 0 Å². The third-order valence-corrected chi connectivity index (χ3v) is 3.33. The SMILES string of the molecule is CN1CCN=C1NCC(C)(O)c1cccc(Cl)c1. The number of nitrogens with one attached hydrogen (secondary N) is 1. The number of nitrogens with zero attached hydrogens (tertiary/aromatic N) is 2. The molecule has 2 rings (SSSR count). The van der Waals surface area contributed by atoms with Gasteiger partial charge in [0.2, 0.25) is 0 Å². The predicted octanol–water partition coefficient (Wildman–Crippen LogP) is 1.44. The number of halogens is 1. The van der Waals surface area contributed by atoms with Crippen LogP contribution in [0.15, 0.2) is 29.3 Å². The van der Waals surface area contributed by atoms with Gasteiger partial charge in [-0.25, -0.2) is 0 Å². The maximum absolute atomic E-state index is 10.5. The van der Waals surface area contributed by atoms with Crippen LogP contribution in [0.1, 0.15) is 12.5 Å². The number of likely N-dealkylation sites (N-methyl/N-ethyl adjacent to an activating group) is 1. The van der Waals surface area contributed by atoms with E-state index >= 15 is 0 Å². The number of benzene rings is 1. The number of hydrogen-bond acceptors (Lipinski definition) is 4. The van der Waals surface area contributed by atoms with Crippen molar-refractivity contribution in [2.75, 3.05) is 26.7 Å². The van der Waals surface area contributed by atoms with E-state index in [0.717, 1.165) is 24.6 Å². The number of guanidine groups is 1. The lowest BCUT2D eigenvalue weighted by atomic mass is 9.96. The van der Waals surface area contributed by atoms with Crippen LogP contribution < -0.4 is 5.32 Å². The molecule has 0 spiro atoms. The van der Waals surface area contributed by atoms with E-state index in [1.54, 1.807) is 19.1 Å². The summed E-state index contributed by atoms with van der Waals surface area (Å²) in [5.74, 6) is 0.831. The van der Waals surface area contributed by atoms with Crippen LogP contribution in [0.4, 0.5) is 0 Å². The van der Waals surface area contributed by atoms with Gasteiger partial charge in [-0.15, -0.1) is 0 Å². The van der Waals surface area contributed by atoms with Crippen LogP contribution in [0.2, 0.25) is 5.02 Å². The average Bonchev–Trinajstić information content (AvgIpc) is 2.72. The molecule has 2 N–H and O–H groups in total. The average molecular weight is 268 g/mol. The van der Waals surface area contributed by atoms with Crippen molar-refractivity contribution in [3.05, 3.63) is 34.9 Å². The first-order valence-corrected chi connectivity index (χ1v) is 6.35. The van der Waals surface area contributed by atoms with Crippen molar-refractivity contribution in [2.24, 2.45) is 4.99 Å². The number of aliphatic imine (C=N–C) groups is 1. The second kappa shape index (κ2) is 5.16. The highest BCUT2D eigenvalue weighted by Crippen LogP contribution is 2.22. The molecule has 0 aromatic heterocycles. The minimum atomic E-state index is -0.975. The molecular formula is C13H18ClN3O. The van der Waals surface area contributed by atoms with Crippen LogP contribution in [0.25, 0.3) is 0 Å². The Morgan fingerprint density at radius 1 is 1.56 bits per heavy atom. The van der Waals surface area contributed by atoms with Crippen molar-refractivity contribution >= 4 is 17.6 Å². The molecule has 0 bridgehead atoms. The highest BCUT2D eigenvalue weighted by atomic mass is 35.5. The van der Waals surface area contributed by atoms with Crippen molar-refractivity contribution in [1.29, 1.82) is 0 Å². The lowest BCUT2D eigenvalue weighted by Crippen LogP contribution is -2.43. The molecule has 0 saturated heterocycles. The van der Waals surface area contributed by atoms with Crippen LogP contribution in [0.5, 0.6) is 0 Å².